The van der Waals surface area contributed by atoms with Crippen molar-refractivity contribution in [3.8, 4) is 0 Å². The fraction of sp³-hybridized carbons (Fsp3) is 0.571. The number of ether oxygens (including phenoxy) is 1. The standard InChI is InChI=1S/C14H19ClFNO/c1-14(2)8-11(5-6-18-14)17-9-10-3-4-13(16)12(15)7-10/h3-4,7,11,17H,5-6,8-9H2,1-2H3. The Hall–Kier alpha value is -0.640. The van der Waals surface area contributed by atoms with Crippen LogP contribution in [0.15, 0.2) is 18.2 Å². The second-order valence-electron chi connectivity index (χ2n) is 5.43. The van der Waals surface area contributed by atoms with Gasteiger partial charge < -0.3 is 10.1 Å². The van der Waals surface area contributed by atoms with E-state index < -0.39 is 0 Å². The molecule has 0 aliphatic carbocycles. The molecule has 1 unspecified atom stereocenters. The Morgan fingerprint density at radius 2 is 2.28 bits per heavy atom. The molecule has 1 aliphatic heterocycles. The Kier molecular flexibility index (Phi) is 4.25. The van der Waals surface area contributed by atoms with Crippen LogP contribution in [0.2, 0.25) is 5.02 Å². The molecule has 18 heavy (non-hydrogen) atoms. The fourth-order valence-corrected chi connectivity index (χ4v) is 2.52. The summed E-state index contributed by atoms with van der Waals surface area (Å²) in [7, 11) is 0. The molecule has 100 valence electrons. The highest BCUT2D eigenvalue weighted by atomic mass is 35.5. The molecule has 2 rings (SSSR count). The summed E-state index contributed by atoms with van der Waals surface area (Å²) in [6.45, 7) is 5.71. The van der Waals surface area contributed by atoms with E-state index in [-0.39, 0.29) is 16.4 Å². The topological polar surface area (TPSA) is 21.3 Å². The lowest BCUT2D eigenvalue weighted by atomic mass is 9.94. The lowest BCUT2D eigenvalue weighted by Gasteiger charge is -2.36. The van der Waals surface area contributed by atoms with Crippen molar-refractivity contribution < 1.29 is 9.13 Å². The largest absolute Gasteiger partial charge is 0.375 e. The molecule has 2 nitrogen and oxygen atoms in total. The Morgan fingerprint density at radius 1 is 1.50 bits per heavy atom. The molecule has 1 saturated heterocycles. The van der Waals surface area contributed by atoms with Crippen LogP contribution in [0.4, 0.5) is 4.39 Å². The van der Waals surface area contributed by atoms with Crippen molar-refractivity contribution in [1.29, 1.82) is 0 Å². The second kappa shape index (κ2) is 5.55. The SMILES string of the molecule is CC1(C)CC(NCc2ccc(F)c(Cl)c2)CCO1. The van der Waals surface area contributed by atoms with Crippen LogP contribution in [0.3, 0.4) is 0 Å². The summed E-state index contributed by atoms with van der Waals surface area (Å²) in [5.41, 5.74) is 0.946. The van der Waals surface area contributed by atoms with E-state index in [1.54, 1.807) is 12.1 Å². The molecule has 1 aromatic carbocycles. The van der Waals surface area contributed by atoms with Gasteiger partial charge in [-0.2, -0.15) is 0 Å². The molecule has 0 aromatic heterocycles. The van der Waals surface area contributed by atoms with E-state index in [9.17, 15) is 4.39 Å². The number of hydrogen-bond donors (Lipinski definition) is 1. The molecule has 4 heteroatoms. The quantitative estimate of drug-likeness (QED) is 0.908. The summed E-state index contributed by atoms with van der Waals surface area (Å²) in [5.74, 6) is -0.368. The molecule has 0 amide bonds. The maximum atomic E-state index is 13.0. The van der Waals surface area contributed by atoms with Crippen LogP contribution in [0.25, 0.3) is 0 Å². The maximum absolute atomic E-state index is 13.0. The molecule has 0 radical (unpaired) electrons. The van der Waals surface area contributed by atoms with Gasteiger partial charge in [0.2, 0.25) is 0 Å². The van der Waals surface area contributed by atoms with Crippen molar-refractivity contribution in [2.75, 3.05) is 6.61 Å². The van der Waals surface area contributed by atoms with Gasteiger partial charge in [-0.05, 0) is 44.4 Å². The van der Waals surface area contributed by atoms with Gasteiger partial charge in [0.15, 0.2) is 0 Å². The Bertz CT molecular complexity index is 422. The zero-order valence-electron chi connectivity index (χ0n) is 10.8. The molecule has 1 heterocycles. The van der Waals surface area contributed by atoms with Crippen LogP contribution in [-0.2, 0) is 11.3 Å². The zero-order chi connectivity index (χ0) is 13.2. The van der Waals surface area contributed by atoms with E-state index in [2.05, 4.69) is 19.2 Å². The number of nitrogens with one attached hydrogen (secondary N) is 1. The summed E-state index contributed by atoms with van der Waals surface area (Å²) < 4.78 is 18.7. The molecule has 0 bridgehead atoms. The zero-order valence-corrected chi connectivity index (χ0v) is 11.6. The highest BCUT2D eigenvalue weighted by Gasteiger charge is 2.28. The van der Waals surface area contributed by atoms with Gasteiger partial charge in [-0.3, -0.25) is 0 Å². The average Bonchev–Trinajstić information content (AvgIpc) is 2.29. The lowest BCUT2D eigenvalue weighted by Crippen LogP contribution is -2.43. The highest BCUT2D eigenvalue weighted by molar-refractivity contribution is 6.30. The minimum absolute atomic E-state index is 0.0592. The molecular weight excluding hydrogens is 253 g/mol. The maximum Gasteiger partial charge on any atom is 0.141 e. The third kappa shape index (κ3) is 3.67. The van der Waals surface area contributed by atoms with Crippen LogP contribution in [-0.4, -0.2) is 18.2 Å². The Balaban J connectivity index is 1.89. The molecule has 0 spiro atoms. The van der Waals surface area contributed by atoms with Gasteiger partial charge in [-0.25, -0.2) is 4.39 Å². The molecule has 1 aromatic rings. The minimum atomic E-state index is -0.368. The first-order chi connectivity index (χ1) is 8.46. The molecule has 1 aliphatic rings. The van der Waals surface area contributed by atoms with Crippen LogP contribution in [0.5, 0.6) is 0 Å². The van der Waals surface area contributed by atoms with Gasteiger partial charge in [0, 0.05) is 19.2 Å². The van der Waals surface area contributed by atoms with Gasteiger partial charge >= 0.3 is 0 Å². The van der Waals surface area contributed by atoms with Crippen molar-refractivity contribution in [1.82, 2.24) is 5.32 Å². The third-order valence-electron chi connectivity index (χ3n) is 3.28. The normalized spacial score (nSPS) is 23.0. The van der Waals surface area contributed by atoms with Crippen molar-refractivity contribution >= 4 is 11.6 Å². The summed E-state index contributed by atoms with van der Waals surface area (Å²) in [6, 6.07) is 5.29. The minimum Gasteiger partial charge on any atom is -0.375 e. The summed E-state index contributed by atoms with van der Waals surface area (Å²) >= 11 is 5.76. The predicted octanol–water partition coefficient (Wildman–Crippen LogP) is 3.53. The summed E-state index contributed by atoms with van der Waals surface area (Å²) in [6.07, 6.45) is 2.00. The van der Waals surface area contributed by atoms with E-state index in [1.807, 2.05) is 0 Å². The van der Waals surface area contributed by atoms with Crippen molar-refractivity contribution in [3.05, 3.63) is 34.6 Å². The Labute approximate surface area is 112 Å². The summed E-state index contributed by atoms with van der Waals surface area (Å²) in [4.78, 5) is 0. The lowest BCUT2D eigenvalue weighted by molar-refractivity contribution is -0.0630. The van der Waals surface area contributed by atoms with E-state index in [4.69, 9.17) is 16.3 Å². The highest BCUT2D eigenvalue weighted by Crippen LogP contribution is 2.24. The first-order valence-electron chi connectivity index (χ1n) is 6.27. The number of rotatable bonds is 3. The molecule has 1 N–H and O–H groups in total. The smallest absolute Gasteiger partial charge is 0.141 e. The Morgan fingerprint density at radius 3 is 2.94 bits per heavy atom. The monoisotopic (exact) mass is 271 g/mol. The van der Waals surface area contributed by atoms with E-state index in [0.29, 0.717) is 12.6 Å². The third-order valence-corrected chi connectivity index (χ3v) is 3.57. The van der Waals surface area contributed by atoms with Crippen LogP contribution in [0, 0.1) is 5.82 Å². The molecule has 1 atom stereocenters. The van der Waals surface area contributed by atoms with Crippen molar-refractivity contribution in [3.63, 3.8) is 0 Å². The van der Waals surface area contributed by atoms with Crippen LogP contribution >= 0.6 is 11.6 Å². The molecular formula is C14H19ClFNO. The second-order valence-corrected chi connectivity index (χ2v) is 5.83. The van der Waals surface area contributed by atoms with Crippen LogP contribution < -0.4 is 5.32 Å². The first kappa shape index (κ1) is 13.8. The van der Waals surface area contributed by atoms with E-state index in [1.165, 1.54) is 6.07 Å². The van der Waals surface area contributed by atoms with Gasteiger partial charge in [0.25, 0.3) is 0 Å². The van der Waals surface area contributed by atoms with Crippen molar-refractivity contribution in [2.24, 2.45) is 0 Å². The van der Waals surface area contributed by atoms with Crippen LogP contribution in [0.1, 0.15) is 32.3 Å². The van der Waals surface area contributed by atoms with Crippen molar-refractivity contribution in [2.45, 2.75) is 44.9 Å². The number of benzene rings is 1. The molecule has 0 saturated carbocycles. The fourth-order valence-electron chi connectivity index (χ4n) is 2.32. The van der Waals surface area contributed by atoms with E-state index >= 15 is 0 Å². The van der Waals surface area contributed by atoms with Gasteiger partial charge in [-0.15, -0.1) is 0 Å². The number of halogens is 2. The van der Waals surface area contributed by atoms with Gasteiger partial charge in [0.05, 0.1) is 10.6 Å². The average molecular weight is 272 g/mol. The molecule has 1 fully saturated rings. The predicted molar refractivity (Wildman–Crippen MR) is 71.3 cm³/mol. The number of hydrogen-bond acceptors (Lipinski definition) is 2. The van der Waals surface area contributed by atoms with E-state index in [0.717, 1.165) is 25.0 Å². The van der Waals surface area contributed by atoms with Gasteiger partial charge in [0.1, 0.15) is 5.82 Å². The first-order valence-corrected chi connectivity index (χ1v) is 6.65. The van der Waals surface area contributed by atoms with Gasteiger partial charge in [-0.1, -0.05) is 17.7 Å². The summed E-state index contributed by atoms with van der Waals surface area (Å²) in [5, 5.41) is 3.66.